The van der Waals surface area contributed by atoms with E-state index in [1.54, 1.807) is 6.08 Å². The van der Waals surface area contributed by atoms with Gasteiger partial charge in [-0.2, -0.15) is 0 Å². The smallest absolute Gasteiger partial charge is 0.363 e. The number of carbonyl (C=O) groups is 1. The number of para-hydroxylation sites is 1. The van der Waals surface area contributed by atoms with E-state index in [9.17, 15) is 14.9 Å². The molecule has 0 fully saturated rings. The van der Waals surface area contributed by atoms with Gasteiger partial charge in [0.05, 0.1) is 22.1 Å². The van der Waals surface area contributed by atoms with Crippen molar-refractivity contribution < 1.29 is 19.2 Å². The first-order valence-corrected chi connectivity index (χ1v) is 9.06. The number of esters is 1. The minimum absolute atomic E-state index is 0.000491. The molecule has 1 aliphatic heterocycles. The minimum Gasteiger partial charge on any atom is -0.493 e. The van der Waals surface area contributed by atoms with Gasteiger partial charge in [-0.15, -0.1) is 0 Å². The molecule has 0 atom stereocenters. The van der Waals surface area contributed by atoms with Crippen LogP contribution in [0.5, 0.6) is 5.75 Å². The average molecular weight is 401 g/mol. The van der Waals surface area contributed by atoms with Crippen LogP contribution in [0.2, 0.25) is 5.02 Å². The average Bonchev–Trinajstić information content (AvgIpc) is 3.03. The third-order valence-corrected chi connectivity index (χ3v) is 4.29. The van der Waals surface area contributed by atoms with E-state index in [0.717, 1.165) is 12.8 Å². The van der Waals surface area contributed by atoms with E-state index >= 15 is 0 Å². The van der Waals surface area contributed by atoms with E-state index in [0.29, 0.717) is 23.5 Å². The van der Waals surface area contributed by atoms with Crippen LogP contribution in [0.4, 0.5) is 5.69 Å². The topological polar surface area (TPSA) is 91.0 Å². The number of hydrogen-bond acceptors (Lipinski definition) is 6. The monoisotopic (exact) mass is 400 g/mol. The van der Waals surface area contributed by atoms with Crippen molar-refractivity contribution in [1.29, 1.82) is 0 Å². The Morgan fingerprint density at radius 2 is 2.07 bits per heavy atom. The van der Waals surface area contributed by atoms with Gasteiger partial charge < -0.3 is 9.47 Å². The van der Waals surface area contributed by atoms with Gasteiger partial charge in [0.15, 0.2) is 5.70 Å². The molecule has 0 saturated heterocycles. The van der Waals surface area contributed by atoms with Crippen LogP contribution in [0.3, 0.4) is 0 Å². The molecular formula is C20H17ClN2O5. The number of benzene rings is 2. The second kappa shape index (κ2) is 8.67. The fraction of sp³-hybridized carbons (Fsp3) is 0.200. The van der Waals surface area contributed by atoms with Crippen LogP contribution >= 0.6 is 11.6 Å². The SMILES string of the molecule is CCCCOc1ccccc1/C=C1/N=C(c2ccc([N+](=O)[O-])cc2Cl)OC1=O. The fourth-order valence-corrected chi connectivity index (χ4v) is 2.78. The van der Waals surface area contributed by atoms with Gasteiger partial charge in [-0.05, 0) is 24.6 Å². The molecule has 0 amide bonds. The predicted molar refractivity (Wildman–Crippen MR) is 106 cm³/mol. The molecule has 8 heteroatoms. The zero-order valence-electron chi connectivity index (χ0n) is 15.1. The van der Waals surface area contributed by atoms with Gasteiger partial charge in [0.1, 0.15) is 5.75 Å². The molecule has 2 aromatic carbocycles. The minimum atomic E-state index is -0.632. The molecule has 144 valence electrons. The Balaban J connectivity index is 1.89. The highest BCUT2D eigenvalue weighted by Crippen LogP contribution is 2.28. The molecule has 0 radical (unpaired) electrons. The van der Waals surface area contributed by atoms with Crippen LogP contribution in [0, 0.1) is 10.1 Å². The first-order chi connectivity index (χ1) is 13.5. The van der Waals surface area contributed by atoms with E-state index in [4.69, 9.17) is 21.1 Å². The third kappa shape index (κ3) is 4.37. The molecule has 2 aromatic rings. The first kappa shape index (κ1) is 19.6. The largest absolute Gasteiger partial charge is 0.493 e. The van der Waals surface area contributed by atoms with Crippen LogP contribution in [0.25, 0.3) is 6.08 Å². The molecule has 0 saturated carbocycles. The van der Waals surface area contributed by atoms with Crippen molar-refractivity contribution in [3.8, 4) is 5.75 Å². The van der Waals surface area contributed by atoms with Gasteiger partial charge in [0.2, 0.25) is 5.90 Å². The summed E-state index contributed by atoms with van der Waals surface area (Å²) in [4.78, 5) is 26.7. The van der Waals surface area contributed by atoms with Crippen molar-refractivity contribution in [1.82, 2.24) is 0 Å². The number of halogens is 1. The Morgan fingerprint density at radius 1 is 1.29 bits per heavy atom. The summed E-state index contributed by atoms with van der Waals surface area (Å²) in [6, 6.07) is 11.2. The summed E-state index contributed by atoms with van der Waals surface area (Å²) in [6.45, 7) is 2.65. The predicted octanol–water partition coefficient (Wildman–Crippen LogP) is 4.77. The Bertz CT molecular complexity index is 984. The Morgan fingerprint density at radius 3 is 2.79 bits per heavy atom. The quantitative estimate of drug-likeness (QED) is 0.219. The molecular weight excluding hydrogens is 384 g/mol. The number of nitro groups is 1. The van der Waals surface area contributed by atoms with E-state index in [1.165, 1.54) is 18.2 Å². The van der Waals surface area contributed by atoms with Gasteiger partial charge >= 0.3 is 5.97 Å². The normalized spacial score (nSPS) is 14.7. The number of aliphatic imine (C=N–C) groups is 1. The zero-order valence-corrected chi connectivity index (χ0v) is 15.8. The summed E-state index contributed by atoms with van der Waals surface area (Å²) in [7, 11) is 0. The lowest BCUT2D eigenvalue weighted by atomic mass is 10.1. The number of rotatable bonds is 7. The van der Waals surface area contributed by atoms with Crippen LogP contribution in [-0.4, -0.2) is 23.4 Å². The summed E-state index contributed by atoms with van der Waals surface area (Å²) in [6.07, 6.45) is 3.52. The maximum Gasteiger partial charge on any atom is 0.363 e. The lowest BCUT2D eigenvalue weighted by Gasteiger charge is -2.08. The lowest BCUT2D eigenvalue weighted by Crippen LogP contribution is -2.06. The molecule has 0 spiro atoms. The van der Waals surface area contributed by atoms with Gasteiger partial charge in [-0.1, -0.05) is 43.1 Å². The molecule has 0 unspecified atom stereocenters. The van der Waals surface area contributed by atoms with E-state index in [2.05, 4.69) is 11.9 Å². The molecule has 7 nitrogen and oxygen atoms in total. The molecule has 28 heavy (non-hydrogen) atoms. The Hall–Kier alpha value is -3.19. The number of carbonyl (C=O) groups excluding carboxylic acids is 1. The van der Waals surface area contributed by atoms with Crippen LogP contribution in [-0.2, 0) is 9.53 Å². The van der Waals surface area contributed by atoms with Gasteiger partial charge in [-0.3, -0.25) is 10.1 Å². The number of ether oxygens (including phenoxy) is 2. The number of hydrogen-bond donors (Lipinski definition) is 0. The maximum absolute atomic E-state index is 12.2. The van der Waals surface area contributed by atoms with Gasteiger partial charge in [0.25, 0.3) is 5.69 Å². The van der Waals surface area contributed by atoms with E-state index in [-0.39, 0.29) is 22.3 Å². The van der Waals surface area contributed by atoms with Crippen molar-refractivity contribution in [2.24, 2.45) is 4.99 Å². The second-order valence-electron chi connectivity index (χ2n) is 6.00. The number of non-ortho nitro benzene ring substituents is 1. The van der Waals surface area contributed by atoms with Crippen molar-refractivity contribution in [3.05, 3.63) is 74.4 Å². The first-order valence-electron chi connectivity index (χ1n) is 8.68. The van der Waals surface area contributed by atoms with Crippen molar-refractivity contribution in [2.75, 3.05) is 6.61 Å². The fourth-order valence-electron chi connectivity index (χ4n) is 2.52. The standard InChI is InChI=1S/C20H17ClN2O5/c1-2-3-10-27-18-7-5-4-6-13(18)11-17-20(24)28-19(22-17)15-9-8-14(23(25)26)12-16(15)21/h4-9,11-12H,2-3,10H2,1H3/b17-11+. The van der Waals surface area contributed by atoms with Gasteiger partial charge in [0, 0.05) is 17.7 Å². The van der Waals surface area contributed by atoms with Gasteiger partial charge in [-0.25, -0.2) is 9.79 Å². The summed E-state index contributed by atoms with van der Waals surface area (Å²) in [5.41, 5.74) is 0.936. The molecule has 1 heterocycles. The summed E-state index contributed by atoms with van der Waals surface area (Å²) in [5, 5.41) is 10.9. The van der Waals surface area contributed by atoms with Crippen LogP contribution < -0.4 is 4.74 Å². The van der Waals surface area contributed by atoms with Crippen molar-refractivity contribution in [3.63, 3.8) is 0 Å². The maximum atomic E-state index is 12.2. The molecule has 1 aliphatic rings. The lowest BCUT2D eigenvalue weighted by molar-refractivity contribution is -0.384. The van der Waals surface area contributed by atoms with Crippen LogP contribution in [0.1, 0.15) is 30.9 Å². The molecule has 0 aliphatic carbocycles. The Kier molecular flexibility index (Phi) is 6.06. The van der Waals surface area contributed by atoms with E-state index < -0.39 is 10.9 Å². The molecule has 0 bridgehead atoms. The second-order valence-corrected chi connectivity index (χ2v) is 6.40. The highest BCUT2D eigenvalue weighted by atomic mass is 35.5. The number of nitro benzene ring substituents is 1. The molecule has 0 N–H and O–H groups in total. The number of unbranched alkanes of at least 4 members (excludes halogenated alkanes) is 1. The Labute approximate surface area is 166 Å². The van der Waals surface area contributed by atoms with Crippen molar-refractivity contribution >= 4 is 35.2 Å². The highest BCUT2D eigenvalue weighted by molar-refractivity contribution is 6.34. The number of nitrogens with zero attached hydrogens (tertiary/aromatic N) is 2. The van der Waals surface area contributed by atoms with E-state index in [1.807, 2.05) is 24.3 Å². The summed E-state index contributed by atoms with van der Waals surface area (Å²) < 4.78 is 11.0. The molecule has 3 rings (SSSR count). The zero-order chi connectivity index (χ0) is 20.1. The third-order valence-electron chi connectivity index (χ3n) is 3.98. The highest BCUT2D eigenvalue weighted by Gasteiger charge is 2.26. The van der Waals surface area contributed by atoms with Crippen molar-refractivity contribution in [2.45, 2.75) is 19.8 Å². The van der Waals surface area contributed by atoms with Crippen LogP contribution in [0.15, 0.2) is 53.2 Å². The summed E-state index contributed by atoms with van der Waals surface area (Å²) in [5.74, 6) is 0.0154. The number of cyclic esters (lactones) is 1. The summed E-state index contributed by atoms with van der Waals surface area (Å²) >= 11 is 6.09. The molecule has 0 aromatic heterocycles.